The molecule has 1 heterocycles. The van der Waals surface area contributed by atoms with Crippen molar-refractivity contribution in [3.05, 3.63) is 28.8 Å². The summed E-state index contributed by atoms with van der Waals surface area (Å²) < 4.78 is 11.5. The third-order valence-electron chi connectivity index (χ3n) is 5.41. The first-order chi connectivity index (χ1) is 12.2. The number of aryl methyl sites for hydroxylation is 2. The van der Waals surface area contributed by atoms with E-state index in [1.165, 1.54) is 20.0 Å². The Morgan fingerprint density at radius 1 is 1.19 bits per heavy atom. The minimum absolute atomic E-state index is 0.0960. The van der Waals surface area contributed by atoms with Crippen LogP contribution in [0.2, 0.25) is 0 Å². The average Bonchev–Trinajstić information content (AvgIpc) is 2.58. The van der Waals surface area contributed by atoms with E-state index in [-0.39, 0.29) is 11.6 Å². The Morgan fingerprint density at radius 3 is 2.50 bits per heavy atom. The predicted octanol–water partition coefficient (Wildman–Crippen LogP) is 5.97. The van der Waals surface area contributed by atoms with Crippen molar-refractivity contribution >= 4 is 5.97 Å². The molecule has 3 heteroatoms. The molecule has 26 heavy (non-hydrogen) atoms. The van der Waals surface area contributed by atoms with Gasteiger partial charge in [-0.2, -0.15) is 0 Å². The molecule has 0 unspecified atom stereocenters. The van der Waals surface area contributed by atoms with Crippen LogP contribution in [0.4, 0.5) is 0 Å². The Labute approximate surface area is 159 Å². The zero-order valence-corrected chi connectivity index (χ0v) is 17.5. The van der Waals surface area contributed by atoms with Crippen molar-refractivity contribution in [3.8, 4) is 5.75 Å². The molecule has 0 aliphatic carbocycles. The van der Waals surface area contributed by atoms with Gasteiger partial charge < -0.3 is 9.47 Å². The summed E-state index contributed by atoms with van der Waals surface area (Å²) in [4.78, 5) is 12.1. The molecule has 3 nitrogen and oxygen atoms in total. The summed E-state index contributed by atoms with van der Waals surface area (Å²) in [6.45, 7) is 11.3. The molecule has 2 rings (SSSR count). The highest BCUT2D eigenvalue weighted by molar-refractivity contribution is 5.90. The first kappa shape index (κ1) is 20.8. The van der Waals surface area contributed by atoms with Crippen LogP contribution in [0, 0.1) is 11.8 Å². The molecule has 1 atom stereocenters. The van der Waals surface area contributed by atoms with Crippen molar-refractivity contribution in [1.29, 1.82) is 0 Å². The molecule has 0 spiro atoms. The van der Waals surface area contributed by atoms with Crippen LogP contribution in [-0.2, 0) is 17.6 Å². The van der Waals surface area contributed by atoms with Crippen LogP contribution in [0.1, 0.15) is 88.2 Å². The molecule has 0 saturated heterocycles. The molecule has 1 aliphatic heterocycles. The van der Waals surface area contributed by atoms with Crippen LogP contribution in [0.3, 0.4) is 0 Å². The Bertz CT molecular complexity index is 618. The molecule has 0 radical (unpaired) electrons. The van der Waals surface area contributed by atoms with Crippen LogP contribution in [-0.4, -0.2) is 18.7 Å². The van der Waals surface area contributed by atoms with Gasteiger partial charge in [0.2, 0.25) is 0 Å². The van der Waals surface area contributed by atoms with Gasteiger partial charge in [0.15, 0.2) is 0 Å². The zero-order valence-electron chi connectivity index (χ0n) is 17.5. The molecule has 0 amide bonds. The summed E-state index contributed by atoms with van der Waals surface area (Å²) >= 11 is 0. The number of hydrogen-bond donors (Lipinski definition) is 0. The molecular formula is C23H36O3. The first-order valence-electron chi connectivity index (χ1n) is 10.2. The number of hydrogen-bond acceptors (Lipinski definition) is 3. The summed E-state index contributed by atoms with van der Waals surface area (Å²) in [6.07, 6.45) is 7.53. The highest BCUT2D eigenvalue weighted by Gasteiger charge is 2.33. The fraction of sp³-hybridized carbons (Fsp3) is 0.696. The number of esters is 1. The maximum atomic E-state index is 12.1. The summed E-state index contributed by atoms with van der Waals surface area (Å²) in [5.41, 5.74) is 2.87. The quantitative estimate of drug-likeness (QED) is 0.536. The van der Waals surface area contributed by atoms with Crippen molar-refractivity contribution < 1.29 is 14.3 Å². The Kier molecular flexibility index (Phi) is 7.14. The Hall–Kier alpha value is -1.51. The molecule has 1 aromatic rings. The smallest absolute Gasteiger partial charge is 0.337 e. The van der Waals surface area contributed by atoms with Crippen LogP contribution >= 0.6 is 0 Å². The summed E-state index contributed by atoms with van der Waals surface area (Å²) in [6, 6.07) is 3.95. The van der Waals surface area contributed by atoms with E-state index in [1.54, 1.807) is 0 Å². The third-order valence-corrected chi connectivity index (χ3v) is 5.41. The van der Waals surface area contributed by atoms with E-state index < -0.39 is 0 Å². The van der Waals surface area contributed by atoms with E-state index in [1.807, 2.05) is 12.1 Å². The van der Waals surface area contributed by atoms with Crippen molar-refractivity contribution in [2.24, 2.45) is 11.8 Å². The number of ether oxygens (including phenoxy) is 2. The van der Waals surface area contributed by atoms with Gasteiger partial charge in [0.05, 0.1) is 12.7 Å². The highest BCUT2D eigenvalue weighted by atomic mass is 16.5. The normalized spacial score (nSPS) is 19.4. The minimum Gasteiger partial charge on any atom is -0.487 e. The minimum atomic E-state index is -0.260. The lowest BCUT2D eigenvalue weighted by Gasteiger charge is -2.37. The van der Waals surface area contributed by atoms with Gasteiger partial charge in [-0.05, 0) is 80.5 Å². The second-order valence-corrected chi connectivity index (χ2v) is 8.89. The second kappa shape index (κ2) is 8.92. The molecule has 0 bridgehead atoms. The molecule has 0 fully saturated rings. The SMILES string of the molecule is COC(=O)c1cc(CCC(C)C)c2c(c1)CC[C@@](C)(CCCC(C)C)O2. The van der Waals surface area contributed by atoms with Gasteiger partial charge in [-0.15, -0.1) is 0 Å². The van der Waals surface area contributed by atoms with E-state index in [4.69, 9.17) is 9.47 Å². The van der Waals surface area contributed by atoms with E-state index >= 15 is 0 Å². The topological polar surface area (TPSA) is 35.5 Å². The number of methoxy groups -OCH3 is 1. The number of carbonyl (C=O) groups excluding carboxylic acids is 1. The maximum absolute atomic E-state index is 12.1. The molecule has 1 aliphatic rings. The van der Waals surface area contributed by atoms with Gasteiger partial charge in [-0.25, -0.2) is 4.79 Å². The van der Waals surface area contributed by atoms with Crippen molar-refractivity contribution in [2.45, 2.75) is 85.2 Å². The largest absolute Gasteiger partial charge is 0.487 e. The van der Waals surface area contributed by atoms with Gasteiger partial charge in [-0.1, -0.05) is 34.1 Å². The van der Waals surface area contributed by atoms with E-state index in [0.29, 0.717) is 11.5 Å². The van der Waals surface area contributed by atoms with Crippen LogP contribution in [0.5, 0.6) is 5.75 Å². The van der Waals surface area contributed by atoms with E-state index in [9.17, 15) is 4.79 Å². The van der Waals surface area contributed by atoms with Gasteiger partial charge >= 0.3 is 5.97 Å². The van der Waals surface area contributed by atoms with Crippen molar-refractivity contribution in [3.63, 3.8) is 0 Å². The third kappa shape index (κ3) is 5.49. The molecule has 0 N–H and O–H groups in total. The molecule has 0 saturated carbocycles. The zero-order chi connectivity index (χ0) is 19.3. The van der Waals surface area contributed by atoms with Gasteiger partial charge in [-0.3, -0.25) is 0 Å². The second-order valence-electron chi connectivity index (χ2n) is 8.89. The summed E-state index contributed by atoms with van der Waals surface area (Å²) in [7, 11) is 1.44. The van der Waals surface area contributed by atoms with E-state index in [2.05, 4.69) is 34.6 Å². The number of carbonyl (C=O) groups is 1. The summed E-state index contributed by atoms with van der Waals surface area (Å²) in [5.74, 6) is 2.12. The average molecular weight is 361 g/mol. The maximum Gasteiger partial charge on any atom is 0.337 e. The van der Waals surface area contributed by atoms with Crippen LogP contribution in [0.15, 0.2) is 12.1 Å². The predicted molar refractivity (Wildman–Crippen MR) is 107 cm³/mol. The highest BCUT2D eigenvalue weighted by Crippen LogP contribution is 2.40. The fourth-order valence-electron chi connectivity index (χ4n) is 3.69. The summed E-state index contributed by atoms with van der Waals surface area (Å²) in [5, 5.41) is 0. The monoisotopic (exact) mass is 360 g/mol. The Balaban J connectivity index is 2.26. The fourth-order valence-corrected chi connectivity index (χ4v) is 3.69. The van der Waals surface area contributed by atoms with Crippen molar-refractivity contribution in [2.75, 3.05) is 7.11 Å². The van der Waals surface area contributed by atoms with Crippen molar-refractivity contribution in [1.82, 2.24) is 0 Å². The Morgan fingerprint density at radius 2 is 1.88 bits per heavy atom. The van der Waals surface area contributed by atoms with Gasteiger partial charge in [0.25, 0.3) is 0 Å². The van der Waals surface area contributed by atoms with Gasteiger partial charge in [0, 0.05) is 0 Å². The number of fused-ring (bicyclic) bond motifs is 1. The lowest BCUT2D eigenvalue weighted by Crippen LogP contribution is -2.37. The number of rotatable bonds is 8. The lowest BCUT2D eigenvalue weighted by molar-refractivity contribution is 0.0512. The molecule has 0 aromatic heterocycles. The standard InChI is InChI=1S/C23H36O3/c1-16(2)8-7-12-23(5)13-11-19-15-20(22(24)25-6)14-18(21(19)26-23)10-9-17(3)4/h14-17H,7-13H2,1-6H3/t23-/m1/s1. The van der Waals surface area contributed by atoms with Crippen LogP contribution in [0.25, 0.3) is 0 Å². The van der Waals surface area contributed by atoms with E-state index in [0.717, 1.165) is 54.9 Å². The number of benzene rings is 1. The van der Waals surface area contributed by atoms with Crippen LogP contribution < -0.4 is 4.74 Å². The molecule has 1 aromatic carbocycles. The van der Waals surface area contributed by atoms with Gasteiger partial charge in [0.1, 0.15) is 11.4 Å². The molecular weight excluding hydrogens is 324 g/mol. The molecule has 146 valence electrons. The first-order valence-corrected chi connectivity index (χ1v) is 10.2. The lowest BCUT2D eigenvalue weighted by atomic mass is 9.85.